The van der Waals surface area contributed by atoms with Gasteiger partial charge in [0.1, 0.15) is 6.26 Å². The number of alkyl halides is 1. The molecule has 0 radical (unpaired) electrons. The van der Waals surface area contributed by atoms with E-state index in [4.69, 9.17) is 16.0 Å². The Kier molecular flexibility index (Phi) is 1.74. The minimum Gasteiger partial charge on any atom is -0.432 e. The third-order valence-electron chi connectivity index (χ3n) is 1.80. The maximum Gasteiger partial charge on any atom is 0.297 e. The second-order valence-corrected chi connectivity index (χ2v) is 2.86. The van der Waals surface area contributed by atoms with Gasteiger partial charge in [0.05, 0.1) is 11.6 Å². The van der Waals surface area contributed by atoms with Crippen LogP contribution < -0.4 is 4.90 Å². The lowest BCUT2D eigenvalue weighted by atomic mass is 10.2. The van der Waals surface area contributed by atoms with Crippen molar-refractivity contribution in [3.8, 4) is 0 Å². The minimum atomic E-state index is 0.428. The Morgan fingerprint density at radius 3 is 2.91 bits per heavy atom. The van der Waals surface area contributed by atoms with Crippen molar-refractivity contribution >= 4 is 17.6 Å². The molecule has 4 heteroatoms. The van der Waals surface area contributed by atoms with E-state index < -0.39 is 0 Å². The summed E-state index contributed by atoms with van der Waals surface area (Å²) in [5.74, 6) is 0.428. The van der Waals surface area contributed by atoms with Crippen LogP contribution in [0.3, 0.4) is 0 Å². The number of rotatable bonds is 2. The highest BCUT2D eigenvalue weighted by atomic mass is 35.5. The molecule has 1 saturated heterocycles. The first-order valence-electron chi connectivity index (χ1n) is 3.65. The smallest absolute Gasteiger partial charge is 0.297 e. The van der Waals surface area contributed by atoms with Gasteiger partial charge in [0.2, 0.25) is 0 Å². The molecule has 1 aliphatic heterocycles. The van der Waals surface area contributed by atoms with Gasteiger partial charge in [-0.25, -0.2) is 0 Å². The third kappa shape index (κ3) is 1.20. The van der Waals surface area contributed by atoms with Crippen molar-refractivity contribution in [1.82, 2.24) is 4.98 Å². The first-order chi connectivity index (χ1) is 5.40. The van der Waals surface area contributed by atoms with Crippen LogP contribution in [-0.4, -0.2) is 18.1 Å². The Balaban J connectivity index is 2.11. The maximum atomic E-state index is 5.57. The van der Waals surface area contributed by atoms with Crippen molar-refractivity contribution in [2.45, 2.75) is 12.3 Å². The lowest BCUT2D eigenvalue weighted by molar-refractivity contribution is 0.489. The number of oxazole rings is 1. The van der Waals surface area contributed by atoms with E-state index in [-0.39, 0.29) is 0 Å². The normalized spacial score (nSPS) is 16.6. The number of anilines is 1. The average Bonchev–Trinajstić information content (AvgIpc) is 2.32. The van der Waals surface area contributed by atoms with Gasteiger partial charge < -0.3 is 9.32 Å². The average molecular weight is 173 g/mol. The van der Waals surface area contributed by atoms with Gasteiger partial charge in [-0.2, -0.15) is 4.98 Å². The van der Waals surface area contributed by atoms with E-state index in [2.05, 4.69) is 9.88 Å². The summed E-state index contributed by atoms with van der Waals surface area (Å²) in [4.78, 5) is 6.27. The molecule has 0 unspecified atom stereocenters. The summed E-state index contributed by atoms with van der Waals surface area (Å²) in [5.41, 5.74) is 0.813. The Bertz CT molecular complexity index is 244. The molecule has 0 aromatic carbocycles. The lowest BCUT2D eigenvalue weighted by Crippen LogP contribution is -2.37. The van der Waals surface area contributed by atoms with E-state index in [0.717, 1.165) is 18.8 Å². The first-order valence-corrected chi connectivity index (χ1v) is 4.19. The van der Waals surface area contributed by atoms with Crippen LogP contribution >= 0.6 is 11.6 Å². The number of hydrogen-bond donors (Lipinski definition) is 0. The fourth-order valence-corrected chi connectivity index (χ4v) is 1.13. The number of hydrogen-bond acceptors (Lipinski definition) is 3. The van der Waals surface area contributed by atoms with Crippen LogP contribution in [0.1, 0.15) is 12.1 Å². The van der Waals surface area contributed by atoms with Gasteiger partial charge >= 0.3 is 0 Å². The molecule has 0 N–H and O–H groups in total. The van der Waals surface area contributed by atoms with E-state index in [9.17, 15) is 0 Å². The SMILES string of the molecule is ClCc1coc(N2CCC2)n1. The topological polar surface area (TPSA) is 29.3 Å². The van der Waals surface area contributed by atoms with E-state index >= 15 is 0 Å². The van der Waals surface area contributed by atoms with Gasteiger partial charge in [0, 0.05) is 13.1 Å². The van der Waals surface area contributed by atoms with E-state index in [0.29, 0.717) is 11.9 Å². The van der Waals surface area contributed by atoms with Crippen molar-refractivity contribution in [1.29, 1.82) is 0 Å². The van der Waals surface area contributed by atoms with Gasteiger partial charge in [0.25, 0.3) is 6.01 Å². The summed E-state index contributed by atoms with van der Waals surface area (Å²) in [6.45, 7) is 2.12. The molecule has 0 bridgehead atoms. The molecule has 0 amide bonds. The van der Waals surface area contributed by atoms with Crippen molar-refractivity contribution in [3.05, 3.63) is 12.0 Å². The van der Waals surface area contributed by atoms with Crippen molar-refractivity contribution in [2.24, 2.45) is 0 Å². The molecule has 1 aromatic heterocycles. The molecule has 11 heavy (non-hydrogen) atoms. The standard InChI is InChI=1S/C7H9ClN2O/c8-4-6-5-11-7(9-6)10-2-1-3-10/h5H,1-4H2. The predicted molar refractivity (Wildman–Crippen MR) is 42.9 cm³/mol. The summed E-state index contributed by atoms with van der Waals surface area (Å²) in [5, 5.41) is 0. The van der Waals surface area contributed by atoms with Crippen LogP contribution in [0.15, 0.2) is 10.7 Å². The van der Waals surface area contributed by atoms with Crippen LogP contribution in [-0.2, 0) is 5.88 Å². The molecule has 1 fully saturated rings. The monoisotopic (exact) mass is 172 g/mol. The molecule has 1 aromatic rings. The summed E-state index contributed by atoms with van der Waals surface area (Å²) >= 11 is 5.57. The van der Waals surface area contributed by atoms with E-state index in [1.807, 2.05) is 0 Å². The Labute approximate surface area is 70.0 Å². The van der Waals surface area contributed by atoms with Crippen molar-refractivity contribution < 1.29 is 4.42 Å². The second-order valence-electron chi connectivity index (χ2n) is 2.60. The zero-order valence-electron chi connectivity index (χ0n) is 6.09. The molecule has 2 heterocycles. The Morgan fingerprint density at radius 1 is 1.64 bits per heavy atom. The molecular weight excluding hydrogens is 164 g/mol. The molecule has 60 valence electrons. The second kappa shape index (κ2) is 2.74. The van der Waals surface area contributed by atoms with Gasteiger partial charge in [-0.3, -0.25) is 0 Å². The third-order valence-corrected chi connectivity index (χ3v) is 2.08. The highest BCUT2D eigenvalue weighted by Crippen LogP contribution is 2.19. The summed E-state index contributed by atoms with van der Waals surface area (Å²) in [6.07, 6.45) is 2.85. The first kappa shape index (κ1) is 6.98. The largest absolute Gasteiger partial charge is 0.432 e. The molecule has 1 aliphatic rings. The van der Waals surface area contributed by atoms with Crippen LogP contribution in [0, 0.1) is 0 Å². The highest BCUT2D eigenvalue weighted by Gasteiger charge is 2.18. The number of halogens is 1. The summed E-state index contributed by atoms with van der Waals surface area (Å²) in [7, 11) is 0. The molecule has 3 nitrogen and oxygen atoms in total. The van der Waals surface area contributed by atoms with Gasteiger partial charge in [0.15, 0.2) is 0 Å². The number of nitrogens with zero attached hydrogens (tertiary/aromatic N) is 2. The zero-order valence-corrected chi connectivity index (χ0v) is 6.84. The van der Waals surface area contributed by atoms with Crippen molar-refractivity contribution in [3.63, 3.8) is 0 Å². The minimum absolute atomic E-state index is 0.428. The zero-order chi connectivity index (χ0) is 7.68. The Morgan fingerprint density at radius 2 is 2.45 bits per heavy atom. The van der Waals surface area contributed by atoms with Crippen LogP contribution in [0.25, 0.3) is 0 Å². The summed E-state index contributed by atoms with van der Waals surface area (Å²) < 4.78 is 5.19. The van der Waals surface area contributed by atoms with Gasteiger partial charge in [-0.1, -0.05) is 0 Å². The quantitative estimate of drug-likeness (QED) is 0.635. The van der Waals surface area contributed by atoms with Gasteiger partial charge in [-0.05, 0) is 6.42 Å². The molecule has 0 aliphatic carbocycles. The lowest BCUT2D eigenvalue weighted by Gasteiger charge is -2.28. The Hall–Kier alpha value is -0.700. The predicted octanol–water partition coefficient (Wildman–Crippen LogP) is 1.62. The molecular formula is C7H9ClN2O. The molecule has 0 atom stereocenters. The summed E-state index contributed by atoms with van der Waals surface area (Å²) in [6, 6.07) is 0.715. The van der Waals surface area contributed by atoms with E-state index in [1.54, 1.807) is 6.26 Å². The molecule has 0 spiro atoms. The van der Waals surface area contributed by atoms with Crippen LogP contribution in [0.2, 0.25) is 0 Å². The fraction of sp³-hybridized carbons (Fsp3) is 0.571. The van der Waals surface area contributed by atoms with Gasteiger partial charge in [-0.15, -0.1) is 11.6 Å². The van der Waals surface area contributed by atoms with E-state index in [1.165, 1.54) is 6.42 Å². The highest BCUT2D eigenvalue weighted by molar-refractivity contribution is 6.16. The van der Waals surface area contributed by atoms with Crippen molar-refractivity contribution in [2.75, 3.05) is 18.0 Å². The number of aromatic nitrogens is 1. The fourth-order valence-electron chi connectivity index (χ4n) is 1.01. The molecule has 2 rings (SSSR count). The maximum absolute atomic E-state index is 5.57. The van der Waals surface area contributed by atoms with Crippen LogP contribution in [0.4, 0.5) is 6.01 Å². The van der Waals surface area contributed by atoms with Crippen LogP contribution in [0.5, 0.6) is 0 Å². The molecule has 0 saturated carbocycles.